The SMILES string of the molecule is Cc1cc(O)c2cc3c(c(O)c2c1)C(=O)c1ccc([C@H]2C[C@@H](O[C@@H]4CC[C@@H](O[C@H]5C[C@@H](O)[C@H](O)[C@@H](C)O5)[C@H](C)O4)[C@H](O)[C@@H](C)O2)c(O)c1C3=O. The molecule has 6 N–H and O–H groups in total. The van der Waals surface area contributed by atoms with Crippen molar-refractivity contribution in [1.82, 2.24) is 0 Å². The molecular formula is C37H42O13. The summed E-state index contributed by atoms with van der Waals surface area (Å²) >= 11 is 0. The Hall–Kier alpha value is -3.66. The molecule has 0 aromatic heterocycles. The molecule has 0 spiro atoms. The highest BCUT2D eigenvalue weighted by Crippen LogP contribution is 2.46. The summed E-state index contributed by atoms with van der Waals surface area (Å²) in [6.07, 6.45) is -6.85. The van der Waals surface area contributed by atoms with Gasteiger partial charge in [-0.1, -0.05) is 6.07 Å². The van der Waals surface area contributed by atoms with Crippen molar-refractivity contribution in [2.45, 2.75) is 121 Å². The average Bonchev–Trinajstić information content (AvgIpc) is 3.06. The van der Waals surface area contributed by atoms with Crippen molar-refractivity contribution < 1.29 is 63.9 Å². The number of phenols is 3. The van der Waals surface area contributed by atoms with Gasteiger partial charge >= 0.3 is 0 Å². The van der Waals surface area contributed by atoms with Gasteiger partial charge in [0, 0.05) is 46.7 Å². The summed E-state index contributed by atoms with van der Waals surface area (Å²) in [5.41, 5.74) is 0.231. The monoisotopic (exact) mass is 694 g/mol. The first kappa shape index (κ1) is 34.8. The standard InChI is InChI=1S/C37H42O13/c1-14-9-21-20(23(38)10-14)11-22-31(36(21)44)35(43)19-6-5-18(34(42)30(19)37(22)45)26-13-27(33(41)17(4)46-26)50-28-8-7-25(15(2)47-28)49-29-12-24(39)32(40)16(3)48-29/h5-6,9-11,15-17,24-29,32-33,38-42,44H,7-8,12-13H2,1-4H3/t15-,16+,17+,24+,25+,26+,27+,28+,29-,32+,33+/m0/s1. The molecule has 13 heteroatoms. The summed E-state index contributed by atoms with van der Waals surface area (Å²) in [7, 11) is 0. The Balaban J connectivity index is 1.08. The first-order valence-electron chi connectivity index (χ1n) is 17.0. The number of carbonyl (C=O) groups is 2. The highest BCUT2D eigenvalue weighted by atomic mass is 16.7. The van der Waals surface area contributed by atoms with Crippen LogP contribution < -0.4 is 0 Å². The lowest BCUT2D eigenvalue weighted by molar-refractivity contribution is -0.306. The van der Waals surface area contributed by atoms with Crippen LogP contribution in [0.2, 0.25) is 0 Å². The lowest BCUT2D eigenvalue weighted by Gasteiger charge is -2.43. The normalized spacial score (nSPS) is 34.4. The molecule has 11 atom stereocenters. The second-order valence-corrected chi connectivity index (χ2v) is 13.9. The van der Waals surface area contributed by atoms with E-state index in [2.05, 4.69) is 0 Å². The number of rotatable bonds is 5. The lowest BCUT2D eigenvalue weighted by Crippen LogP contribution is -2.51. The molecule has 1 aliphatic carbocycles. The van der Waals surface area contributed by atoms with E-state index < -0.39 is 84.5 Å². The molecule has 0 radical (unpaired) electrons. The maximum Gasteiger partial charge on any atom is 0.198 e. The third-order valence-electron chi connectivity index (χ3n) is 10.4. The van der Waals surface area contributed by atoms with Crippen molar-refractivity contribution in [3.8, 4) is 17.2 Å². The summed E-state index contributed by atoms with van der Waals surface area (Å²) in [5, 5.41) is 64.7. The number of aromatic hydroxyl groups is 3. The first-order chi connectivity index (χ1) is 23.7. The Labute approximate surface area is 287 Å². The molecule has 3 fully saturated rings. The molecule has 3 aromatic rings. The van der Waals surface area contributed by atoms with Crippen LogP contribution in [0, 0.1) is 6.92 Å². The van der Waals surface area contributed by atoms with Gasteiger partial charge < -0.3 is 54.3 Å². The van der Waals surface area contributed by atoms with Crippen LogP contribution in [0.4, 0.5) is 0 Å². The third-order valence-corrected chi connectivity index (χ3v) is 10.4. The number of benzene rings is 3. The fourth-order valence-corrected chi connectivity index (χ4v) is 7.66. The molecule has 13 nitrogen and oxygen atoms in total. The molecule has 7 rings (SSSR count). The summed E-state index contributed by atoms with van der Waals surface area (Å²) < 4.78 is 30.3. The highest BCUT2D eigenvalue weighted by molar-refractivity contribution is 6.32. The van der Waals surface area contributed by atoms with Crippen molar-refractivity contribution in [3.05, 3.63) is 63.7 Å². The number of ketones is 2. The number of hydrogen-bond donors (Lipinski definition) is 6. The summed E-state index contributed by atoms with van der Waals surface area (Å²) in [6, 6.07) is 7.37. The van der Waals surface area contributed by atoms with Crippen LogP contribution in [-0.2, 0) is 23.7 Å². The molecule has 50 heavy (non-hydrogen) atoms. The van der Waals surface area contributed by atoms with Gasteiger partial charge in [-0.3, -0.25) is 9.59 Å². The Morgan fingerprint density at radius 2 is 1.34 bits per heavy atom. The Bertz CT molecular complexity index is 1830. The van der Waals surface area contributed by atoms with Crippen molar-refractivity contribution >= 4 is 22.3 Å². The lowest BCUT2D eigenvalue weighted by atomic mass is 9.79. The van der Waals surface area contributed by atoms with Gasteiger partial charge in [0.2, 0.25) is 0 Å². The number of phenolic OH excluding ortho intramolecular Hbond substituents is 3. The summed E-state index contributed by atoms with van der Waals surface area (Å²) in [6.45, 7) is 6.89. The van der Waals surface area contributed by atoms with Gasteiger partial charge in [0.15, 0.2) is 24.1 Å². The second-order valence-electron chi connectivity index (χ2n) is 13.9. The zero-order chi connectivity index (χ0) is 35.8. The molecule has 3 heterocycles. The predicted molar refractivity (Wildman–Crippen MR) is 175 cm³/mol. The largest absolute Gasteiger partial charge is 0.507 e. The Morgan fingerprint density at radius 1 is 0.680 bits per heavy atom. The van der Waals surface area contributed by atoms with Crippen LogP contribution in [0.5, 0.6) is 17.2 Å². The molecule has 4 aliphatic rings. The molecule has 0 saturated carbocycles. The van der Waals surface area contributed by atoms with Crippen LogP contribution in [-0.4, -0.2) is 104 Å². The topological polar surface area (TPSA) is 202 Å². The Morgan fingerprint density at radius 3 is 2.06 bits per heavy atom. The van der Waals surface area contributed by atoms with E-state index in [0.29, 0.717) is 18.4 Å². The van der Waals surface area contributed by atoms with Gasteiger partial charge in [0.05, 0.1) is 53.9 Å². The van der Waals surface area contributed by atoms with Crippen molar-refractivity contribution in [1.29, 1.82) is 0 Å². The molecule has 3 aliphatic heterocycles. The number of aliphatic hydroxyl groups excluding tert-OH is 3. The van der Waals surface area contributed by atoms with Gasteiger partial charge in [-0.2, -0.15) is 0 Å². The van der Waals surface area contributed by atoms with E-state index in [1.165, 1.54) is 24.3 Å². The maximum atomic E-state index is 13.9. The maximum absolute atomic E-state index is 13.9. The number of aryl methyl sites for hydroxylation is 1. The zero-order valence-electron chi connectivity index (χ0n) is 28.1. The summed E-state index contributed by atoms with van der Waals surface area (Å²) in [4.78, 5) is 27.6. The number of ether oxygens (including phenoxy) is 5. The Kier molecular flexibility index (Phi) is 9.14. The van der Waals surface area contributed by atoms with Gasteiger partial charge in [0.25, 0.3) is 0 Å². The number of carbonyl (C=O) groups excluding carboxylic acids is 2. The van der Waals surface area contributed by atoms with Gasteiger partial charge in [-0.05, 0) is 63.9 Å². The minimum Gasteiger partial charge on any atom is -0.507 e. The van der Waals surface area contributed by atoms with Gasteiger partial charge in [-0.15, -0.1) is 0 Å². The van der Waals surface area contributed by atoms with Crippen LogP contribution in [0.25, 0.3) is 10.8 Å². The third kappa shape index (κ3) is 5.95. The summed E-state index contributed by atoms with van der Waals surface area (Å²) in [5.74, 6) is -2.37. The molecule has 3 saturated heterocycles. The smallest absolute Gasteiger partial charge is 0.198 e. The van der Waals surface area contributed by atoms with Crippen molar-refractivity contribution in [3.63, 3.8) is 0 Å². The van der Waals surface area contributed by atoms with Gasteiger partial charge in [-0.25, -0.2) is 0 Å². The predicted octanol–water partition coefficient (Wildman–Crippen LogP) is 3.40. The molecule has 268 valence electrons. The van der Waals surface area contributed by atoms with E-state index in [1.54, 1.807) is 26.8 Å². The van der Waals surface area contributed by atoms with Crippen LogP contribution in [0.1, 0.15) is 95.5 Å². The fourth-order valence-electron chi connectivity index (χ4n) is 7.66. The van der Waals surface area contributed by atoms with E-state index in [-0.39, 0.29) is 63.3 Å². The van der Waals surface area contributed by atoms with E-state index in [4.69, 9.17) is 23.7 Å². The quantitative estimate of drug-likeness (QED) is 0.178. The van der Waals surface area contributed by atoms with E-state index >= 15 is 0 Å². The first-order valence-corrected chi connectivity index (χ1v) is 17.0. The molecule has 3 aromatic carbocycles. The van der Waals surface area contributed by atoms with Crippen LogP contribution in [0.3, 0.4) is 0 Å². The van der Waals surface area contributed by atoms with Crippen molar-refractivity contribution in [2.24, 2.45) is 0 Å². The highest BCUT2D eigenvalue weighted by Gasteiger charge is 2.44. The minimum absolute atomic E-state index is 0.0768. The molecule has 0 unspecified atom stereocenters. The van der Waals surface area contributed by atoms with Crippen LogP contribution in [0.15, 0.2) is 30.3 Å². The molecular weight excluding hydrogens is 652 g/mol. The van der Waals surface area contributed by atoms with E-state index in [0.717, 1.165) is 0 Å². The fraction of sp³-hybridized carbons (Fsp3) is 0.514. The number of fused-ring (bicyclic) bond motifs is 3. The number of aliphatic hydroxyl groups is 3. The molecule has 0 amide bonds. The zero-order valence-corrected chi connectivity index (χ0v) is 28.1. The van der Waals surface area contributed by atoms with Crippen molar-refractivity contribution in [2.75, 3.05) is 0 Å². The second kappa shape index (κ2) is 13.1. The molecule has 0 bridgehead atoms. The van der Waals surface area contributed by atoms with E-state index in [1.807, 2.05) is 6.92 Å². The minimum atomic E-state index is -1.04. The average molecular weight is 695 g/mol. The number of hydrogen-bond acceptors (Lipinski definition) is 13. The van der Waals surface area contributed by atoms with Crippen LogP contribution >= 0.6 is 0 Å². The van der Waals surface area contributed by atoms with E-state index in [9.17, 15) is 40.2 Å². The van der Waals surface area contributed by atoms with Gasteiger partial charge in [0.1, 0.15) is 29.5 Å².